The number of carbonyl (C=O) groups is 1. The second-order valence-corrected chi connectivity index (χ2v) is 7.36. The van der Waals surface area contributed by atoms with Gasteiger partial charge in [-0.05, 0) is 38.3 Å². The summed E-state index contributed by atoms with van der Waals surface area (Å²) in [6, 6.07) is 6.05. The number of aromatic nitrogens is 3. The zero-order chi connectivity index (χ0) is 17.9. The highest BCUT2D eigenvalue weighted by molar-refractivity contribution is 5.79. The maximum Gasteiger partial charge on any atom is 0.225 e. The number of aryl methyl sites for hydroxylation is 1. The third-order valence-electron chi connectivity index (χ3n) is 5.33. The van der Waals surface area contributed by atoms with Crippen LogP contribution in [0.5, 0.6) is 0 Å². The molecule has 4 rings (SSSR count). The first kappa shape index (κ1) is 16.9. The summed E-state index contributed by atoms with van der Waals surface area (Å²) < 4.78 is 0. The van der Waals surface area contributed by atoms with Crippen molar-refractivity contribution in [3.63, 3.8) is 0 Å². The van der Waals surface area contributed by atoms with E-state index in [4.69, 9.17) is 0 Å². The van der Waals surface area contributed by atoms with Crippen molar-refractivity contribution in [2.75, 3.05) is 18.4 Å². The van der Waals surface area contributed by atoms with Gasteiger partial charge in [-0.25, -0.2) is 9.97 Å². The van der Waals surface area contributed by atoms with E-state index in [0.717, 1.165) is 49.4 Å². The molecular formula is C20H25N5O. The van der Waals surface area contributed by atoms with E-state index in [0.29, 0.717) is 11.7 Å². The summed E-state index contributed by atoms with van der Waals surface area (Å²) in [4.78, 5) is 27.9. The Morgan fingerprint density at radius 2 is 2.08 bits per heavy atom. The van der Waals surface area contributed by atoms with Crippen LogP contribution in [0.25, 0.3) is 11.4 Å². The smallest absolute Gasteiger partial charge is 0.225 e. The third kappa shape index (κ3) is 3.69. The lowest BCUT2D eigenvalue weighted by molar-refractivity contribution is -0.134. The van der Waals surface area contributed by atoms with Crippen molar-refractivity contribution in [2.45, 2.75) is 45.1 Å². The van der Waals surface area contributed by atoms with Gasteiger partial charge >= 0.3 is 0 Å². The number of anilines is 1. The molecule has 136 valence electrons. The minimum Gasteiger partial charge on any atom is -0.365 e. The van der Waals surface area contributed by atoms with Crippen LogP contribution in [0.3, 0.4) is 0 Å². The standard InChI is InChI=1S/C20H25N5O/c1-14-11-18(24-19(22-14)16-7-4-9-21-12-16)23-17-8-10-25(13-17)20(26)15-5-2-3-6-15/h4,7,9,11-12,15,17H,2-3,5-6,8,10,13H2,1H3,(H,22,23,24). The number of hydrogen-bond acceptors (Lipinski definition) is 5. The first-order valence-electron chi connectivity index (χ1n) is 9.50. The van der Waals surface area contributed by atoms with E-state index >= 15 is 0 Å². The minimum atomic E-state index is 0.247. The van der Waals surface area contributed by atoms with Gasteiger partial charge < -0.3 is 10.2 Å². The Morgan fingerprint density at radius 1 is 1.23 bits per heavy atom. The lowest BCUT2D eigenvalue weighted by Gasteiger charge is -2.21. The van der Waals surface area contributed by atoms with Crippen LogP contribution in [0, 0.1) is 12.8 Å². The minimum absolute atomic E-state index is 0.247. The molecule has 26 heavy (non-hydrogen) atoms. The van der Waals surface area contributed by atoms with Crippen LogP contribution in [0.1, 0.15) is 37.8 Å². The lowest BCUT2D eigenvalue weighted by Crippen LogP contribution is -2.35. The molecule has 2 fully saturated rings. The van der Waals surface area contributed by atoms with Gasteiger partial charge in [0.15, 0.2) is 5.82 Å². The summed E-state index contributed by atoms with van der Waals surface area (Å²) in [5.74, 6) is 2.10. The van der Waals surface area contributed by atoms with Crippen LogP contribution in [0.4, 0.5) is 5.82 Å². The summed E-state index contributed by atoms with van der Waals surface area (Å²) in [7, 11) is 0. The fourth-order valence-electron chi connectivity index (χ4n) is 3.98. The number of nitrogens with zero attached hydrogens (tertiary/aromatic N) is 4. The molecule has 1 saturated carbocycles. The van der Waals surface area contributed by atoms with Gasteiger partial charge in [-0.1, -0.05) is 12.8 Å². The van der Waals surface area contributed by atoms with E-state index in [1.54, 1.807) is 12.4 Å². The monoisotopic (exact) mass is 351 g/mol. The highest BCUT2D eigenvalue weighted by atomic mass is 16.2. The first-order valence-corrected chi connectivity index (χ1v) is 9.50. The van der Waals surface area contributed by atoms with Gasteiger partial charge in [-0.2, -0.15) is 0 Å². The Morgan fingerprint density at radius 3 is 2.85 bits per heavy atom. The van der Waals surface area contributed by atoms with Gasteiger partial charge in [0.25, 0.3) is 0 Å². The van der Waals surface area contributed by atoms with Gasteiger partial charge in [0.1, 0.15) is 5.82 Å². The zero-order valence-electron chi connectivity index (χ0n) is 15.2. The summed E-state index contributed by atoms with van der Waals surface area (Å²) in [5, 5.41) is 3.50. The number of amides is 1. The number of likely N-dealkylation sites (tertiary alicyclic amines) is 1. The SMILES string of the molecule is Cc1cc(NC2CCN(C(=O)C3CCCC3)C2)nc(-c2cccnc2)n1. The maximum absolute atomic E-state index is 12.6. The molecule has 6 heteroatoms. The van der Waals surface area contributed by atoms with Crippen LogP contribution >= 0.6 is 0 Å². The molecule has 1 aliphatic carbocycles. The van der Waals surface area contributed by atoms with Gasteiger partial charge in [0, 0.05) is 54.8 Å². The molecule has 1 saturated heterocycles. The normalized spacial score (nSPS) is 20.5. The second kappa shape index (κ2) is 7.40. The van der Waals surface area contributed by atoms with E-state index in [-0.39, 0.29) is 12.0 Å². The molecule has 3 heterocycles. The molecule has 2 aliphatic rings. The summed E-state index contributed by atoms with van der Waals surface area (Å²) in [6.07, 6.45) is 9.00. The van der Waals surface area contributed by atoms with Crippen molar-refractivity contribution in [2.24, 2.45) is 5.92 Å². The molecular weight excluding hydrogens is 326 g/mol. The highest BCUT2D eigenvalue weighted by Crippen LogP contribution is 2.28. The first-order chi connectivity index (χ1) is 12.7. The van der Waals surface area contributed by atoms with Crippen LogP contribution in [0.15, 0.2) is 30.6 Å². The van der Waals surface area contributed by atoms with Crippen molar-refractivity contribution in [3.8, 4) is 11.4 Å². The van der Waals surface area contributed by atoms with Gasteiger partial charge in [-0.15, -0.1) is 0 Å². The van der Waals surface area contributed by atoms with Crippen molar-refractivity contribution in [1.82, 2.24) is 19.9 Å². The molecule has 1 unspecified atom stereocenters. The van der Waals surface area contributed by atoms with E-state index in [2.05, 4.69) is 20.3 Å². The van der Waals surface area contributed by atoms with Gasteiger partial charge in [0.2, 0.25) is 5.91 Å². The molecule has 2 aromatic heterocycles. The van der Waals surface area contributed by atoms with Gasteiger partial charge in [-0.3, -0.25) is 9.78 Å². The van der Waals surface area contributed by atoms with Crippen LogP contribution in [-0.2, 0) is 4.79 Å². The largest absolute Gasteiger partial charge is 0.365 e. The maximum atomic E-state index is 12.6. The fourth-order valence-corrected chi connectivity index (χ4v) is 3.98. The molecule has 1 aliphatic heterocycles. The van der Waals surface area contributed by atoms with Crippen molar-refractivity contribution >= 4 is 11.7 Å². The molecule has 0 bridgehead atoms. The van der Waals surface area contributed by atoms with Gasteiger partial charge in [0.05, 0.1) is 0 Å². The van der Waals surface area contributed by atoms with E-state index in [1.165, 1.54) is 12.8 Å². The topological polar surface area (TPSA) is 71.0 Å². The van der Waals surface area contributed by atoms with E-state index in [9.17, 15) is 4.79 Å². The van der Waals surface area contributed by atoms with Crippen LogP contribution < -0.4 is 5.32 Å². The second-order valence-electron chi connectivity index (χ2n) is 7.36. The Balaban J connectivity index is 1.43. The predicted molar refractivity (Wildman–Crippen MR) is 101 cm³/mol. The lowest BCUT2D eigenvalue weighted by atomic mass is 10.1. The summed E-state index contributed by atoms with van der Waals surface area (Å²) in [5.41, 5.74) is 1.82. The molecule has 6 nitrogen and oxygen atoms in total. The number of rotatable bonds is 4. The number of carbonyl (C=O) groups excluding carboxylic acids is 1. The molecule has 1 amide bonds. The average molecular weight is 351 g/mol. The highest BCUT2D eigenvalue weighted by Gasteiger charge is 2.32. The summed E-state index contributed by atoms with van der Waals surface area (Å²) >= 11 is 0. The average Bonchev–Trinajstić information content (AvgIpc) is 3.33. The Kier molecular flexibility index (Phi) is 4.82. The van der Waals surface area contributed by atoms with E-state index in [1.807, 2.05) is 30.0 Å². The van der Waals surface area contributed by atoms with E-state index < -0.39 is 0 Å². The molecule has 0 radical (unpaired) electrons. The quantitative estimate of drug-likeness (QED) is 0.917. The molecule has 2 aromatic rings. The summed E-state index contributed by atoms with van der Waals surface area (Å²) in [6.45, 7) is 3.57. The van der Waals surface area contributed by atoms with Crippen molar-refractivity contribution in [3.05, 3.63) is 36.3 Å². The third-order valence-corrected chi connectivity index (χ3v) is 5.33. The van der Waals surface area contributed by atoms with Crippen LogP contribution in [0.2, 0.25) is 0 Å². The number of nitrogens with one attached hydrogen (secondary N) is 1. The van der Waals surface area contributed by atoms with Crippen molar-refractivity contribution < 1.29 is 4.79 Å². The van der Waals surface area contributed by atoms with Crippen molar-refractivity contribution in [1.29, 1.82) is 0 Å². The molecule has 1 N–H and O–H groups in total. The Hall–Kier alpha value is -2.50. The Labute approximate surface area is 154 Å². The number of hydrogen-bond donors (Lipinski definition) is 1. The molecule has 0 spiro atoms. The number of pyridine rings is 1. The molecule has 1 atom stereocenters. The zero-order valence-corrected chi connectivity index (χ0v) is 15.2. The van der Waals surface area contributed by atoms with Crippen LogP contribution in [-0.4, -0.2) is 44.9 Å². The fraction of sp³-hybridized carbons (Fsp3) is 0.500. The predicted octanol–water partition coefficient (Wildman–Crippen LogP) is 3.05. The Bertz CT molecular complexity index is 773. The molecule has 0 aromatic carbocycles.